The minimum Gasteiger partial charge on any atom is -0.342 e. The summed E-state index contributed by atoms with van der Waals surface area (Å²) in [6, 6.07) is 7.64. The minimum absolute atomic E-state index is 0.223. The van der Waals surface area contributed by atoms with E-state index in [1.807, 2.05) is 34.5 Å². The van der Waals surface area contributed by atoms with E-state index in [4.69, 9.17) is 11.6 Å². The highest BCUT2D eigenvalue weighted by molar-refractivity contribution is 8.01. The van der Waals surface area contributed by atoms with E-state index in [-0.39, 0.29) is 5.91 Å². The number of thioether (sulfide) groups is 1. The van der Waals surface area contributed by atoms with Crippen LogP contribution >= 0.6 is 34.7 Å². The van der Waals surface area contributed by atoms with Gasteiger partial charge >= 0.3 is 0 Å². The van der Waals surface area contributed by atoms with Crippen LogP contribution < -0.4 is 0 Å². The lowest BCUT2D eigenvalue weighted by Gasteiger charge is -2.13. The SMILES string of the molecule is O=C(CSc1nc(-c2ccc(Cl)cc2)cs1)N1CCCC1. The third-order valence-corrected chi connectivity index (χ3v) is 5.66. The fourth-order valence-electron chi connectivity index (χ4n) is 2.26. The van der Waals surface area contributed by atoms with Crippen molar-refractivity contribution in [2.45, 2.75) is 17.2 Å². The zero-order chi connectivity index (χ0) is 14.7. The summed E-state index contributed by atoms with van der Waals surface area (Å²) in [5, 5.41) is 2.74. The molecule has 3 nitrogen and oxygen atoms in total. The number of hydrogen-bond acceptors (Lipinski definition) is 4. The molecule has 0 unspecified atom stereocenters. The normalized spacial score (nSPS) is 14.6. The third-order valence-electron chi connectivity index (χ3n) is 3.40. The van der Waals surface area contributed by atoms with Crippen molar-refractivity contribution in [2.24, 2.45) is 0 Å². The van der Waals surface area contributed by atoms with Crippen LogP contribution in [0.3, 0.4) is 0 Å². The van der Waals surface area contributed by atoms with E-state index in [0.29, 0.717) is 5.75 Å². The molecular formula is C15H15ClN2OS2. The van der Waals surface area contributed by atoms with E-state index in [1.165, 1.54) is 11.8 Å². The number of aromatic nitrogens is 1. The monoisotopic (exact) mass is 338 g/mol. The van der Waals surface area contributed by atoms with Crippen LogP contribution in [0, 0.1) is 0 Å². The van der Waals surface area contributed by atoms with Crippen molar-refractivity contribution < 1.29 is 4.79 Å². The topological polar surface area (TPSA) is 33.2 Å². The predicted molar refractivity (Wildman–Crippen MR) is 89.1 cm³/mol. The second-order valence-corrected chi connectivity index (χ2v) is 7.40. The number of hydrogen-bond donors (Lipinski definition) is 0. The maximum absolute atomic E-state index is 12.0. The molecule has 0 radical (unpaired) electrons. The summed E-state index contributed by atoms with van der Waals surface area (Å²) in [6.45, 7) is 1.82. The standard InChI is InChI=1S/C15H15ClN2OS2/c16-12-5-3-11(4-6-12)13-9-20-15(17-13)21-10-14(19)18-7-1-2-8-18/h3-6,9H,1-2,7-8,10H2. The van der Waals surface area contributed by atoms with Gasteiger partial charge in [0.1, 0.15) is 0 Å². The van der Waals surface area contributed by atoms with Crippen LogP contribution in [0.1, 0.15) is 12.8 Å². The van der Waals surface area contributed by atoms with Gasteiger partial charge in [-0.25, -0.2) is 4.98 Å². The third kappa shape index (κ3) is 3.78. The van der Waals surface area contributed by atoms with E-state index >= 15 is 0 Å². The summed E-state index contributed by atoms with van der Waals surface area (Å²) in [7, 11) is 0. The van der Waals surface area contributed by atoms with E-state index < -0.39 is 0 Å². The molecule has 0 atom stereocenters. The molecule has 1 aliphatic heterocycles. The fourth-order valence-corrected chi connectivity index (χ4v) is 4.12. The first-order valence-corrected chi connectivity index (χ1v) is 9.09. The quantitative estimate of drug-likeness (QED) is 0.784. The van der Waals surface area contributed by atoms with Crippen LogP contribution in [0.2, 0.25) is 5.02 Å². The maximum atomic E-state index is 12.0. The van der Waals surface area contributed by atoms with Crippen LogP contribution in [-0.4, -0.2) is 34.6 Å². The van der Waals surface area contributed by atoms with Crippen LogP contribution in [-0.2, 0) is 4.79 Å². The first kappa shape index (κ1) is 14.9. The second kappa shape index (κ2) is 6.81. The van der Waals surface area contributed by atoms with Crippen molar-refractivity contribution in [3.8, 4) is 11.3 Å². The molecule has 1 fully saturated rings. The van der Waals surface area contributed by atoms with Crippen molar-refractivity contribution in [1.82, 2.24) is 9.88 Å². The minimum atomic E-state index is 0.223. The summed E-state index contributed by atoms with van der Waals surface area (Å²) >= 11 is 8.99. The predicted octanol–water partition coefficient (Wildman–Crippen LogP) is 4.18. The molecule has 0 aliphatic carbocycles. The van der Waals surface area contributed by atoms with Gasteiger partial charge in [-0.1, -0.05) is 35.5 Å². The summed E-state index contributed by atoms with van der Waals surface area (Å²) in [4.78, 5) is 18.5. The lowest BCUT2D eigenvalue weighted by Crippen LogP contribution is -2.29. The molecule has 1 aromatic carbocycles. The summed E-state index contributed by atoms with van der Waals surface area (Å²) in [6.07, 6.45) is 2.27. The van der Waals surface area contributed by atoms with Crippen LogP contribution in [0.25, 0.3) is 11.3 Å². The highest BCUT2D eigenvalue weighted by Gasteiger charge is 2.18. The number of carbonyl (C=O) groups is 1. The molecule has 0 saturated carbocycles. The van der Waals surface area contributed by atoms with Crippen molar-refractivity contribution in [3.63, 3.8) is 0 Å². The summed E-state index contributed by atoms with van der Waals surface area (Å²) in [5.41, 5.74) is 1.99. The van der Waals surface area contributed by atoms with Gasteiger partial charge in [0.2, 0.25) is 5.91 Å². The Balaban J connectivity index is 1.60. The smallest absolute Gasteiger partial charge is 0.233 e. The van der Waals surface area contributed by atoms with Crippen molar-refractivity contribution in [1.29, 1.82) is 0 Å². The molecule has 1 aliphatic rings. The van der Waals surface area contributed by atoms with Crippen LogP contribution in [0.5, 0.6) is 0 Å². The van der Waals surface area contributed by atoms with Crippen molar-refractivity contribution >= 4 is 40.6 Å². The number of nitrogens with zero attached hydrogens (tertiary/aromatic N) is 2. The summed E-state index contributed by atoms with van der Waals surface area (Å²) in [5.74, 6) is 0.703. The molecule has 3 rings (SSSR count). The highest BCUT2D eigenvalue weighted by Crippen LogP contribution is 2.29. The van der Waals surface area contributed by atoms with Crippen molar-refractivity contribution in [2.75, 3.05) is 18.8 Å². The molecule has 21 heavy (non-hydrogen) atoms. The Morgan fingerprint density at radius 3 is 2.71 bits per heavy atom. The average molecular weight is 339 g/mol. The van der Waals surface area contributed by atoms with Gasteiger partial charge in [0.05, 0.1) is 11.4 Å². The molecule has 1 aromatic heterocycles. The number of amides is 1. The largest absolute Gasteiger partial charge is 0.342 e. The Bertz CT molecular complexity index is 621. The molecule has 2 aromatic rings. The van der Waals surface area contributed by atoms with Crippen molar-refractivity contribution in [3.05, 3.63) is 34.7 Å². The molecule has 0 N–H and O–H groups in total. The Kier molecular flexibility index (Phi) is 4.83. The summed E-state index contributed by atoms with van der Waals surface area (Å²) < 4.78 is 0.937. The van der Waals surface area contributed by atoms with Gasteiger partial charge in [-0.15, -0.1) is 11.3 Å². The Labute approximate surface area is 137 Å². The zero-order valence-electron chi connectivity index (χ0n) is 11.4. The number of carbonyl (C=O) groups excluding carboxylic acids is 1. The molecule has 0 spiro atoms. The van der Waals surface area contributed by atoms with E-state index in [0.717, 1.165) is 46.6 Å². The first-order valence-electron chi connectivity index (χ1n) is 6.84. The number of thiazole rings is 1. The average Bonchev–Trinajstić information content (AvgIpc) is 3.17. The molecule has 110 valence electrons. The van der Waals surface area contributed by atoms with Gasteiger partial charge in [0, 0.05) is 29.1 Å². The Morgan fingerprint density at radius 2 is 2.00 bits per heavy atom. The van der Waals surface area contributed by atoms with Gasteiger partial charge in [0.15, 0.2) is 4.34 Å². The van der Waals surface area contributed by atoms with Gasteiger partial charge < -0.3 is 4.90 Å². The van der Waals surface area contributed by atoms with Gasteiger partial charge in [0.25, 0.3) is 0 Å². The van der Waals surface area contributed by atoms with E-state index in [1.54, 1.807) is 11.3 Å². The molecular weight excluding hydrogens is 324 g/mol. The van der Waals surface area contributed by atoms with E-state index in [2.05, 4.69) is 4.98 Å². The van der Waals surface area contributed by atoms with Crippen LogP contribution in [0.4, 0.5) is 0 Å². The Hall–Kier alpha value is -1.04. The lowest BCUT2D eigenvalue weighted by atomic mass is 10.2. The van der Waals surface area contributed by atoms with Gasteiger partial charge in [-0.2, -0.15) is 0 Å². The maximum Gasteiger partial charge on any atom is 0.233 e. The highest BCUT2D eigenvalue weighted by atomic mass is 35.5. The fraction of sp³-hybridized carbons (Fsp3) is 0.333. The molecule has 1 saturated heterocycles. The molecule has 2 heterocycles. The second-order valence-electron chi connectivity index (χ2n) is 4.88. The first-order chi connectivity index (χ1) is 10.2. The number of benzene rings is 1. The Morgan fingerprint density at radius 1 is 1.29 bits per heavy atom. The van der Waals surface area contributed by atoms with Gasteiger partial charge in [-0.3, -0.25) is 4.79 Å². The molecule has 0 bridgehead atoms. The van der Waals surface area contributed by atoms with Crippen LogP contribution in [0.15, 0.2) is 34.0 Å². The molecule has 1 amide bonds. The molecule has 6 heteroatoms. The van der Waals surface area contributed by atoms with E-state index in [9.17, 15) is 4.79 Å². The zero-order valence-corrected chi connectivity index (χ0v) is 13.8. The number of rotatable bonds is 4. The number of halogens is 1. The number of likely N-dealkylation sites (tertiary alicyclic amines) is 1. The lowest BCUT2D eigenvalue weighted by molar-refractivity contribution is -0.127. The van der Waals surface area contributed by atoms with Gasteiger partial charge in [-0.05, 0) is 25.0 Å².